The van der Waals surface area contributed by atoms with Gasteiger partial charge in [0.25, 0.3) is 0 Å². The highest BCUT2D eigenvalue weighted by Crippen LogP contribution is 2.12. The molecule has 0 spiro atoms. The van der Waals surface area contributed by atoms with E-state index in [1.807, 2.05) is 60.7 Å². The van der Waals surface area contributed by atoms with Gasteiger partial charge in [0.15, 0.2) is 0 Å². The Bertz CT molecular complexity index is 816. The average Bonchev–Trinajstić information content (AvgIpc) is 2.61. The molecule has 0 nitrogen and oxygen atoms in total. The summed E-state index contributed by atoms with van der Waals surface area (Å²) in [5, 5.41) is 0. The highest BCUT2D eigenvalue weighted by atomic mass is 14.0. The average molecular weight is 280 g/mol. The predicted molar refractivity (Wildman–Crippen MR) is 94.2 cm³/mol. The molecular weight excluding hydrogens is 264 g/mol. The predicted octanol–water partition coefficient (Wildman–Crippen LogP) is 5.26. The largest absolute Gasteiger partial charge is 0.0622 e. The van der Waals surface area contributed by atoms with Crippen LogP contribution in [0.15, 0.2) is 84.9 Å². The third kappa shape index (κ3) is 3.75. The van der Waals surface area contributed by atoms with Gasteiger partial charge in [0.05, 0.1) is 0 Å². The molecule has 3 aromatic carbocycles. The second-order valence-electron chi connectivity index (χ2n) is 4.95. The Morgan fingerprint density at radius 1 is 0.545 bits per heavy atom. The van der Waals surface area contributed by atoms with E-state index in [4.69, 9.17) is 0 Å². The Balaban J connectivity index is 1.88. The number of benzene rings is 3. The molecule has 104 valence electrons. The summed E-state index contributed by atoms with van der Waals surface area (Å²) in [6, 6.07) is 28.6. The Hall–Kier alpha value is -3.04. The van der Waals surface area contributed by atoms with Crippen LogP contribution in [0.4, 0.5) is 0 Å². The lowest BCUT2D eigenvalue weighted by Gasteiger charge is -1.98. The molecule has 3 rings (SSSR count). The highest BCUT2D eigenvalue weighted by molar-refractivity contribution is 5.73. The van der Waals surface area contributed by atoms with Crippen LogP contribution in [0.1, 0.15) is 22.3 Å². The van der Waals surface area contributed by atoms with E-state index in [0.29, 0.717) is 0 Å². The van der Waals surface area contributed by atoms with Gasteiger partial charge in [0, 0.05) is 11.1 Å². The lowest BCUT2D eigenvalue weighted by Crippen LogP contribution is -1.81. The summed E-state index contributed by atoms with van der Waals surface area (Å²) < 4.78 is 0. The van der Waals surface area contributed by atoms with Crippen LogP contribution >= 0.6 is 0 Å². The summed E-state index contributed by atoms with van der Waals surface area (Å²) in [4.78, 5) is 0. The summed E-state index contributed by atoms with van der Waals surface area (Å²) in [5.41, 5.74) is 4.39. The molecule has 0 radical (unpaired) electrons. The number of hydrogen-bond acceptors (Lipinski definition) is 0. The first kappa shape index (κ1) is 13.9. The summed E-state index contributed by atoms with van der Waals surface area (Å²) in [7, 11) is 0. The van der Waals surface area contributed by atoms with Crippen molar-refractivity contribution >= 4 is 12.2 Å². The molecule has 3 aromatic rings. The highest BCUT2D eigenvalue weighted by Gasteiger charge is 1.94. The van der Waals surface area contributed by atoms with Gasteiger partial charge in [-0.3, -0.25) is 0 Å². The summed E-state index contributed by atoms with van der Waals surface area (Å²) in [6.07, 6.45) is 4.23. The summed E-state index contributed by atoms with van der Waals surface area (Å²) in [6.45, 7) is 0. The monoisotopic (exact) mass is 280 g/mol. The van der Waals surface area contributed by atoms with Gasteiger partial charge in [0.1, 0.15) is 0 Å². The van der Waals surface area contributed by atoms with E-state index in [2.05, 4.69) is 48.3 Å². The molecule has 0 aliphatic rings. The molecule has 0 unspecified atom stereocenters. The zero-order valence-corrected chi connectivity index (χ0v) is 12.2. The second kappa shape index (κ2) is 7.11. The van der Waals surface area contributed by atoms with Gasteiger partial charge in [-0.25, -0.2) is 0 Å². The van der Waals surface area contributed by atoms with Crippen LogP contribution in [0.25, 0.3) is 12.2 Å². The zero-order chi connectivity index (χ0) is 15.0. The van der Waals surface area contributed by atoms with E-state index >= 15 is 0 Å². The minimum atomic E-state index is 1.03. The smallest absolute Gasteiger partial charge is 0.0321 e. The van der Waals surface area contributed by atoms with Gasteiger partial charge in [0.2, 0.25) is 0 Å². The van der Waals surface area contributed by atoms with Crippen molar-refractivity contribution < 1.29 is 0 Å². The molecule has 0 aliphatic carbocycles. The molecule has 0 amide bonds. The molecule has 0 aromatic heterocycles. The van der Waals surface area contributed by atoms with Gasteiger partial charge in [-0.1, -0.05) is 90.7 Å². The quantitative estimate of drug-likeness (QED) is 0.444. The van der Waals surface area contributed by atoms with E-state index in [0.717, 1.165) is 16.7 Å². The fourth-order valence-corrected chi connectivity index (χ4v) is 2.17. The topological polar surface area (TPSA) is 0 Å². The number of hydrogen-bond donors (Lipinski definition) is 0. The lowest BCUT2D eigenvalue weighted by molar-refractivity contribution is 1.59. The van der Waals surface area contributed by atoms with Crippen molar-refractivity contribution in [2.24, 2.45) is 0 Å². The molecule has 22 heavy (non-hydrogen) atoms. The van der Waals surface area contributed by atoms with Crippen LogP contribution in [0.2, 0.25) is 0 Å². The first-order valence-corrected chi connectivity index (χ1v) is 7.31. The van der Waals surface area contributed by atoms with Crippen LogP contribution in [0.3, 0.4) is 0 Å². The Morgan fingerprint density at radius 2 is 1.18 bits per heavy atom. The first-order chi connectivity index (χ1) is 10.9. The lowest BCUT2D eigenvalue weighted by atomic mass is 10.1. The van der Waals surface area contributed by atoms with Gasteiger partial charge in [-0.2, -0.15) is 0 Å². The van der Waals surface area contributed by atoms with Crippen molar-refractivity contribution in [1.82, 2.24) is 0 Å². The second-order valence-corrected chi connectivity index (χ2v) is 4.95. The molecule has 0 heteroatoms. The molecule has 0 N–H and O–H groups in total. The van der Waals surface area contributed by atoms with Crippen LogP contribution in [0.5, 0.6) is 0 Å². The van der Waals surface area contributed by atoms with Crippen molar-refractivity contribution in [2.45, 2.75) is 0 Å². The van der Waals surface area contributed by atoms with Gasteiger partial charge >= 0.3 is 0 Å². The van der Waals surface area contributed by atoms with Gasteiger partial charge < -0.3 is 0 Å². The van der Waals surface area contributed by atoms with Crippen molar-refractivity contribution in [1.29, 1.82) is 0 Å². The summed E-state index contributed by atoms with van der Waals surface area (Å²) in [5.74, 6) is 6.48. The van der Waals surface area contributed by atoms with Crippen molar-refractivity contribution in [3.63, 3.8) is 0 Å². The third-order valence-electron chi connectivity index (χ3n) is 3.33. The fourth-order valence-electron chi connectivity index (χ4n) is 2.17. The standard InChI is InChI=1S/C22H16/c1-3-9-19(10-4-1)15-17-21-13-7-8-14-22(21)18-16-20-11-5-2-6-12-20/h1-15,17H. The maximum Gasteiger partial charge on any atom is 0.0321 e. The van der Waals surface area contributed by atoms with Crippen molar-refractivity contribution in [3.05, 3.63) is 107 Å². The third-order valence-corrected chi connectivity index (χ3v) is 3.33. The molecule has 0 heterocycles. The van der Waals surface area contributed by atoms with Crippen molar-refractivity contribution in [2.75, 3.05) is 0 Å². The first-order valence-electron chi connectivity index (χ1n) is 7.31. The molecule has 0 aliphatic heterocycles. The minimum Gasteiger partial charge on any atom is -0.0622 e. The molecular formula is C22H16. The van der Waals surface area contributed by atoms with E-state index in [1.165, 1.54) is 5.56 Å². The molecule has 0 fully saturated rings. The SMILES string of the molecule is C(#Cc1ccccc1C=Cc1ccccc1)c1ccccc1. The summed E-state index contributed by atoms with van der Waals surface area (Å²) >= 11 is 0. The van der Waals surface area contributed by atoms with E-state index in [9.17, 15) is 0 Å². The van der Waals surface area contributed by atoms with E-state index in [-0.39, 0.29) is 0 Å². The fraction of sp³-hybridized carbons (Fsp3) is 0. The van der Waals surface area contributed by atoms with Crippen LogP contribution in [-0.2, 0) is 0 Å². The minimum absolute atomic E-state index is 1.03. The molecule has 0 bridgehead atoms. The normalized spacial score (nSPS) is 10.2. The maximum absolute atomic E-state index is 3.26. The van der Waals surface area contributed by atoms with Crippen molar-refractivity contribution in [3.8, 4) is 11.8 Å². The molecule has 0 saturated carbocycles. The Morgan fingerprint density at radius 3 is 1.95 bits per heavy atom. The van der Waals surface area contributed by atoms with Gasteiger partial charge in [-0.15, -0.1) is 0 Å². The Labute approximate surface area is 131 Å². The molecule has 0 atom stereocenters. The van der Waals surface area contributed by atoms with E-state index < -0.39 is 0 Å². The van der Waals surface area contributed by atoms with Crippen LogP contribution in [0, 0.1) is 11.8 Å². The molecule has 0 saturated heterocycles. The number of rotatable bonds is 2. The van der Waals surface area contributed by atoms with Gasteiger partial charge in [-0.05, 0) is 29.3 Å². The Kier molecular flexibility index (Phi) is 4.50. The maximum atomic E-state index is 3.26. The zero-order valence-electron chi connectivity index (χ0n) is 12.2. The van der Waals surface area contributed by atoms with E-state index in [1.54, 1.807) is 0 Å². The van der Waals surface area contributed by atoms with Crippen LogP contribution in [-0.4, -0.2) is 0 Å². The van der Waals surface area contributed by atoms with Crippen LogP contribution < -0.4 is 0 Å².